The van der Waals surface area contributed by atoms with Gasteiger partial charge in [0.2, 0.25) is 0 Å². The highest BCUT2D eigenvalue weighted by Crippen LogP contribution is 2.30. The molecule has 0 saturated carbocycles. The summed E-state index contributed by atoms with van der Waals surface area (Å²) in [6.45, 7) is 4.47. The molecule has 0 bridgehead atoms. The van der Waals surface area contributed by atoms with Crippen molar-refractivity contribution in [2.45, 2.75) is 39.2 Å². The molecule has 4 heteroatoms. The first-order valence-corrected chi connectivity index (χ1v) is 6.56. The van der Waals surface area contributed by atoms with Crippen LogP contribution in [0.15, 0.2) is 18.2 Å². The van der Waals surface area contributed by atoms with Gasteiger partial charge in [0.25, 0.3) is 5.91 Å². The normalized spacial score (nSPS) is 15.3. The smallest absolute Gasteiger partial charge is 0.262 e. The zero-order valence-electron chi connectivity index (χ0n) is 11.0. The fourth-order valence-electron chi connectivity index (χ4n) is 2.14. The minimum atomic E-state index is -0.0970. The number of nitrogens with one attached hydrogen (secondary N) is 2. The van der Waals surface area contributed by atoms with E-state index in [9.17, 15) is 4.79 Å². The molecule has 18 heavy (non-hydrogen) atoms. The topological polar surface area (TPSA) is 50.4 Å². The Hall–Kier alpha value is -1.71. The Bertz CT molecular complexity index is 432. The molecule has 1 amide bonds. The number of fused-ring (bicyclic) bond motifs is 1. The summed E-state index contributed by atoms with van der Waals surface area (Å²) in [6, 6.07) is 6.31. The van der Waals surface area contributed by atoms with Gasteiger partial charge in [-0.15, -0.1) is 0 Å². The zero-order chi connectivity index (χ0) is 13.0. The summed E-state index contributed by atoms with van der Waals surface area (Å²) in [5.41, 5.74) is 1.78. The van der Waals surface area contributed by atoms with Crippen molar-refractivity contribution < 1.29 is 9.53 Å². The van der Waals surface area contributed by atoms with Crippen LogP contribution in [0.3, 0.4) is 0 Å². The second-order valence-electron chi connectivity index (χ2n) is 4.59. The van der Waals surface area contributed by atoms with Gasteiger partial charge in [0.05, 0.1) is 5.69 Å². The summed E-state index contributed by atoms with van der Waals surface area (Å²) in [5.74, 6) is 0.643. The lowest BCUT2D eigenvalue weighted by atomic mass is 10.1. The van der Waals surface area contributed by atoms with Crippen LogP contribution in [0.5, 0.6) is 5.75 Å². The van der Waals surface area contributed by atoms with Crippen molar-refractivity contribution in [3.63, 3.8) is 0 Å². The van der Waals surface area contributed by atoms with Gasteiger partial charge < -0.3 is 15.4 Å². The third-order valence-corrected chi connectivity index (χ3v) is 3.11. The van der Waals surface area contributed by atoms with E-state index in [-0.39, 0.29) is 12.5 Å². The summed E-state index contributed by atoms with van der Waals surface area (Å²) >= 11 is 0. The number of hydrogen-bond acceptors (Lipinski definition) is 3. The fourth-order valence-corrected chi connectivity index (χ4v) is 2.14. The number of hydrogen-bond donors (Lipinski definition) is 2. The van der Waals surface area contributed by atoms with Gasteiger partial charge in [-0.3, -0.25) is 4.79 Å². The van der Waals surface area contributed by atoms with Gasteiger partial charge in [-0.05, 0) is 31.0 Å². The van der Waals surface area contributed by atoms with Crippen molar-refractivity contribution in [2.75, 3.05) is 17.2 Å². The molecule has 0 aliphatic carbocycles. The Morgan fingerprint density at radius 2 is 2.28 bits per heavy atom. The maximum Gasteiger partial charge on any atom is 0.262 e. The summed E-state index contributed by atoms with van der Waals surface area (Å²) in [4.78, 5) is 11.3. The van der Waals surface area contributed by atoms with Gasteiger partial charge >= 0.3 is 0 Å². The van der Waals surface area contributed by atoms with Crippen molar-refractivity contribution in [2.24, 2.45) is 0 Å². The highest BCUT2D eigenvalue weighted by Gasteiger charge is 2.16. The van der Waals surface area contributed by atoms with Crippen LogP contribution in [0, 0.1) is 0 Å². The summed E-state index contributed by atoms with van der Waals surface area (Å²) < 4.78 is 5.33. The molecule has 1 unspecified atom stereocenters. The number of rotatable bonds is 5. The molecule has 0 spiro atoms. The lowest BCUT2D eigenvalue weighted by Gasteiger charge is -2.21. The van der Waals surface area contributed by atoms with Gasteiger partial charge in [0.15, 0.2) is 6.61 Å². The average Bonchev–Trinajstić information content (AvgIpc) is 2.37. The highest BCUT2D eigenvalue weighted by atomic mass is 16.5. The van der Waals surface area contributed by atoms with Gasteiger partial charge in [-0.2, -0.15) is 0 Å². The molecule has 1 aliphatic rings. The molecule has 1 aromatic carbocycles. The number of amides is 1. The van der Waals surface area contributed by atoms with Gasteiger partial charge in [-0.1, -0.05) is 20.3 Å². The van der Waals surface area contributed by atoms with Crippen LogP contribution in [0.4, 0.5) is 11.4 Å². The van der Waals surface area contributed by atoms with E-state index < -0.39 is 0 Å². The summed E-state index contributed by atoms with van der Waals surface area (Å²) in [6.07, 6.45) is 3.40. The molecule has 98 valence electrons. The molecule has 2 rings (SSSR count). The Labute approximate surface area is 108 Å². The first kappa shape index (κ1) is 12.7. The van der Waals surface area contributed by atoms with Crippen LogP contribution < -0.4 is 15.4 Å². The minimum Gasteiger partial charge on any atom is -0.482 e. The SMILES string of the molecule is CCCC(CC)Nc1ccc2c(c1)NC(=O)CO2. The largest absolute Gasteiger partial charge is 0.482 e. The van der Waals surface area contributed by atoms with E-state index >= 15 is 0 Å². The fraction of sp³-hybridized carbons (Fsp3) is 0.500. The lowest BCUT2D eigenvalue weighted by molar-refractivity contribution is -0.118. The van der Waals surface area contributed by atoms with E-state index in [1.807, 2.05) is 18.2 Å². The predicted molar refractivity (Wildman–Crippen MR) is 73.2 cm³/mol. The van der Waals surface area contributed by atoms with Crippen LogP contribution in [0.1, 0.15) is 33.1 Å². The molecule has 0 fully saturated rings. The van der Waals surface area contributed by atoms with Crippen LogP contribution >= 0.6 is 0 Å². The zero-order valence-corrected chi connectivity index (χ0v) is 11.0. The molecule has 0 radical (unpaired) electrons. The van der Waals surface area contributed by atoms with E-state index in [1.54, 1.807) is 0 Å². The Kier molecular flexibility index (Phi) is 4.07. The van der Waals surface area contributed by atoms with Crippen LogP contribution in [-0.2, 0) is 4.79 Å². The van der Waals surface area contributed by atoms with Crippen LogP contribution in [0.2, 0.25) is 0 Å². The Balaban J connectivity index is 2.10. The summed E-state index contributed by atoms with van der Waals surface area (Å²) in [5, 5.41) is 6.31. The molecule has 4 nitrogen and oxygen atoms in total. The monoisotopic (exact) mass is 248 g/mol. The lowest BCUT2D eigenvalue weighted by Crippen LogP contribution is -2.25. The number of ether oxygens (including phenoxy) is 1. The first-order chi connectivity index (χ1) is 8.72. The average molecular weight is 248 g/mol. The van der Waals surface area contributed by atoms with E-state index in [0.717, 1.165) is 36.4 Å². The first-order valence-electron chi connectivity index (χ1n) is 6.56. The molecule has 0 aromatic heterocycles. The molecule has 1 heterocycles. The van der Waals surface area contributed by atoms with Crippen molar-refractivity contribution in [1.29, 1.82) is 0 Å². The molecule has 1 atom stereocenters. The van der Waals surface area contributed by atoms with Crippen molar-refractivity contribution in [3.8, 4) is 5.75 Å². The minimum absolute atomic E-state index is 0.0970. The highest BCUT2D eigenvalue weighted by molar-refractivity contribution is 5.96. The molecule has 0 saturated heterocycles. The third-order valence-electron chi connectivity index (χ3n) is 3.11. The predicted octanol–water partition coefficient (Wildman–Crippen LogP) is 3.01. The van der Waals surface area contributed by atoms with Gasteiger partial charge in [-0.25, -0.2) is 0 Å². The van der Waals surface area contributed by atoms with Crippen molar-refractivity contribution >= 4 is 17.3 Å². The summed E-state index contributed by atoms with van der Waals surface area (Å²) in [7, 11) is 0. The molecular formula is C14H20N2O2. The van der Waals surface area contributed by atoms with Crippen molar-refractivity contribution in [3.05, 3.63) is 18.2 Å². The van der Waals surface area contributed by atoms with E-state index in [1.165, 1.54) is 0 Å². The number of carbonyl (C=O) groups excluding carboxylic acids is 1. The second-order valence-corrected chi connectivity index (χ2v) is 4.59. The quantitative estimate of drug-likeness (QED) is 0.842. The van der Waals surface area contributed by atoms with Crippen LogP contribution in [-0.4, -0.2) is 18.6 Å². The van der Waals surface area contributed by atoms with Gasteiger partial charge in [0, 0.05) is 11.7 Å². The Morgan fingerprint density at radius 3 is 3.00 bits per heavy atom. The Morgan fingerprint density at radius 1 is 1.44 bits per heavy atom. The molecular weight excluding hydrogens is 228 g/mol. The van der Waals surface area contributed by atoms with E-state index in [0.29, 0.717) is 6.04 Å². The maximum absolute atomic E-state index is 11.3. The molecule has 2 N–H and O–H groups in total. The second kappa shape index (κ2) is 5.76. The molecule has 1 aliphatic heterocycles. The van der Waals surface area contributed by atoms with E-state index in [2.05, 4.69) is 24.5 Å². The third kappa shape index (κ3) is 2.94. The number of benzene rings is 1. The van der Waals surface area contributed by atoms with Crippen LogP contribution in [0.25, 0.3) is 0 Å². The maximum atomic E-state index is 11.3. The van der Waals surface area contributed by atoms with E-state index in [4.69, 9.17) is 4.74 Å². The standard InChI is InChI=1S/C14H20N2O2/c1-3-5-10(4-2)15-11-6-7-13-12(8-11)16-14(17)9-18-13/h6-8,10,15H,3-5,9H2,1-2H3,(H,16,17). The number of anilines is 2. The number of carbonyl (C=O) groups is 1. The van der Waals surface area contributed by atoms with Crippen molar-refractivity contribution in [1.82, 2.24) is 0 Å². The van der Waals surface area contributed by atoms with Gasteiger partial charge in [0.1, 0.15) is 5.75 Å². The molecule has 1 aromatic rings.